The minimum Gasteiger partial charge on any atom is -0.276 e. The monoisotopic (exact) mass is 160 g/mol. The third-order valence-electron chi connectivity index (χ3n) is 1.07. The predicted molar refractivity (Wildman–Crippen MR) is 38.0 cm³/mol. The van der Waals surface area contributed by atoms with E-state index in [1.54, 1.807) is 13.8 Å². The Labute approximate surface area is 65.4 Å². The first-order valence-corrected chi connectivity index (χ1v) is 3.40. The molecule has 5 nitrogen and oxygen atoms in total. The maximum Gasteiger partial charge on any atom is 0.235 e. The SMILES string of the molecule is CCN(C=O)ON(C=O)CC. The van der Waals surface area contributed by atoms with E-state index in [9.17, 15) is 9.59 Å². The third kappa shape index (κ3) is 3.57. The molecule has 0 aromatic heterocycles. The lowest BCUT2D eigenvalue weighted by Gasteiger charge is -2.20. The maximum absolute atomic E-state index is 10.2. The third-order valence-corrected chi connectivity index (χ3v) is 1.07. The Morgan fingerprint density at radius 3 is 1.64 bits per heavy atom. The number of carbonyl (C=O) groups is 2. The van der Waals surface area contributed by atoms with Crippen LogP contribution in [0, 0.1) is 0 Å². The molecule has 0 aliphatic rings. The van der Waals surface area contributed by atoms with E-state index < -0.39 is 0 Å². The Morgan fingerprint density at radius 1 is 1.09 bits per heavy atom. The average molecular weight is 160 g/mol. The summed E-state index contributed by atoms with van der Waals surface area (Å²) in [6.45, 7) is 4.31. The van der Waals surface area contributed by atoms with Gasteiger partial charge in [0.15, 0.2) is 0 Å². The zero-order chi connectivity index (χ0) is 8.69. The summed E-state index contributed by atoms with van der Waals surface area (Å²) in [4.78, 5) is 25.1. The van der Waals surface area contributed by atoms with Crippen LogP contribution in [0.4, 0.5) is 0 Å². The summed E-state index contributed by atoms with van der Waals surface area (Å²) < 4.78 is 0. The number of carbonyl (C=O) groups excluding carboxylic acids is 2. The van der Waals surface area contributed by atoms with Gasteiger partial charge in [0.2, 0.25) is 12.8 Å². The topological polar surface area (TPSA) is 49.9 Å². The summed E-state index contributed by atoms with van der Waals surface area (Å²) in [5.41, 5.74) is 0. The van der Waals surface area contributed by atoms with Crippen LogP contribution in [-0.4, -0.2) is 36.0 Å². The minimum atomic E-state index is 0.411. The summed E-state index contributed by atoms with van der Waals surface area (Å²) in [6, 6.07) is 0. The van der Waals surface area contributed by atoms with E-state index in [1.807, 2.05) is 0 Å². The van der Waals surface area contributed by atoms with Gasteiger partial charge in [-0.15, -0.1) is 4.94 Å². The summed E-state index contributed by atoms with van der Waals surface area (Å²) >= 11 is 0. The first-order chi connectivity index (χ1) is 5.28. The van der Waals surface area contributed by atoms with Crippen molar-refractivity contribution in [1.29, 1.82) is 0 Å². The molecule has 0 radical (unpaired) electrons. The van der Waals surface area contributed by atoms with Crippen LogP contribution in [0.15, 0.2) is 0 Å². The first kappa shape index (κ1) is 9.90. The van der Waals surface area contributed by atoms with E-state index in [1.165, 1.54) is 0 Å². The molecule has 0 aliphatic carbocycles. The van der Waals surface area contributed by atoms with Gasteiger partial charge in [-0.25, -0.2) is 0 Å². The van der Waals surface area contributed by atoms with Crippen LogP contribution in [-0.2, 0) is 14.5 Å². The van der Waals surface area contributed by atoms with E-state index in [-0.39, 0.29) is 0 Å². The van der Waals surface area contributed by atoms with Gasteiger partial charge in [-0.05, 0) is 13.8 Å². The molecule has 11 heavy (non-hydrogen) atoms. The highest BCUT2D eigenvalue weighted by Crippen LogP contribution is 1.89. The highest BCUT2D eigenvalue weighted by Gasteiger charge is 2.03. The Balaban J connectivity index is 3.76. The standard InChI is InChI=1S/C6H12N2O3/c1-3-7(5-9)11-8(4-2)6-10/h5-6H,3-4H2,1-2H3. The lowest BCUT2D eigenvalue weighted by Crippen LogP contribution is -2.33. The van der Waals surface area contributed by atoms with Gasteiger partial charge in [0.05, 0.1) is 0 Å². The normalized spacial score (nSPS) is 8.91. The fourth-order valence-corrected chi connectivity index (χ4v) is 0.438. The van der Waals surface area contributed by atoms with Gasteiger partial charge in [-0.2, -0.15) is 10.1 Å². The molecule has 0 unspecified atom stereocenters. The van der Waals surface area contributed by atoms with Crippen LogP contribution in [0.1, 0.15) is 13.8 Å². The lowest BCUT2D eigenvalue weighted by molar-refractivity contribution is -0.281. The first-order valence-electron chi connectivity index (χ1n) is 3.40. The van der Waals surface area contributed by atoms with Crippen LogP contribution in [0.3, 0.4) is 0 Å². The zero-order valence-corrected chi connectivity index (χ0v) is 6.69. The van der Waals surface area contributed by atoms with Crippen molar-refractivity contribution in [3.63, 3.8) is 0 Å². The van der Waals surface area contributed by atoms with Crippen molar-refractivity contribution < 1.29 is 14.5 Å². The van der Waals surface area contributed by atoms with Crippen LogP contribution >= 0.6 is 0 Å². The number of nitrogens with zero attached hydrogens (tertiary/aromatic N) is 2. The Bertz CT molecular complexity index is 115. The Morgan fingerprint density at radius 2 is 1.45 bits per heavy atom. The molecule has 2 amide bonds. The number of amides is 2. The van der Waals surface area contributed by atoms with Gasteiger partial charge in [0.1, 0.15) is 0 Å². The molecule has 0 N–H and O–H groups in total. The molecule has 0 spiro atoms. The predicted octanol–water partition coefficient (Wildman–Crippen LogP) is -0.210. The van der Waals surface area contributed by atoms with E-state index in [2.05, 4.69) is 0 Å². The summed E-state index contributed by atoms with van der Waals surface area (Å²) in [5.74, 6) is 0. The highest BCUT2D eigenvalue weighted by molar-refractivity contribution is 5.47. The van der Waals surface area contributed by atoms with Gasteiger partial charge < -0.3 is 0 Å². The van der Waals surface area contributed by atoms with Crippen molar-refractivity contribution in [1.82, 2.24) is 10.1 Å². The molecule has 0 aliphatic heterocycles. The molecule has 0 heterocycles. The zero-order valence-electron chi connectivity index (χ0n) is 6.69. The Hall–Kier alpha value is -1.10. The summed E-state index contributed by atoms with van der Waals surface area (Å²) in [5, 5.41) is 2.05. The Kier molecular flexibility index (Phi) is 5.10. The highest BCUT2D eigenvalue weighted by atomic mass is 16.8. The number of hydrogen-bond donors (Lipinski definition) is 0. The molecular formula is C6H12N2O3. The van der Waals surface area contributed by atoms with E-state index >= 15 is 0 Å². The lowest BCUT2D eigenvalue weighted by atomic mass is 10.7. The molecule has 0 aromatic carbocycles. The fraction of sp³-hybridized carbons (Fsp3) is 0.667. The second-order valence-electron chi connectivity index (χ2n) is 1.76. The molecule has 0 atom stereocenters. The molecule has 5 heteroatoms. The summed E-state index contributed by atoms with van der Waals surface area (Å²) in [7, 11) is 0. The van der Waals surface area contributed by atoms with E-state index in [0.717, 1.165) is 10.1 Å². The number of hydroxylamine groups is 4. The number of hydrogen-bond acceptors (Lipinski definition) is 3. The van der Waals surface area contributed by atoms with Crippen LogP contribution in [0.5, 0.6) is 0 Å². The smallest absolute Gasteiger partial charge is 0.235 e. The number of rotatable bonds is 6. The second kappa shape index (κ2) is 5.67. The summed E-state index contributed by atoms with van der Waals surface area (Å²) in [6.07, 6.45) is 1.04. The van der Waals surface area contributed by atoms with Crippen molar-refractivity contribution in [3.05, 3.63) is 0 Å². The van der Waals surface area contributed by atoms with Gasteiger partial charge in [0, 0.05) is 13.1 Å². The van der Waals surface area contributed by atoms with Gasteiger partial charge >= 0.3 is 0 Å². The molecule has 0 saturated carbocycles. The van der Waals surface area contributed by atoms with Crippen molar-refractivity contribution in [2.24, 2.45) is 0 Å². The second-order valence-corrected chi connectivity index (χ2v) is 1.76. The largest absolute Gasteiger partial charge is 0.276 e. The van der Waals surface area contributed by atoms with E-state index in [4.69, 9.17) is 4.94 Å². The quantitative estimate of drug-likeness (QED) is 0.399. The van der Waals surface area contributed by atoms with Crippen molar-refractivity contribution in [2.45, 2.75) is 13.8 Å². The van der Waals surface area contributed by atoms with Crippen LogP contribution < -0.4 is 0 Å². The minimum absolute atomic E-state index is 0.411. The molecular weight excluding hydrogens is 148 g/mol. The molecule has 0 aromatic rings. The van der Waals surface area contributed by atoms with Gasteiger partial charge in [-0.3, -0.25) is 9.59 Å². The van der Waals surface area contributed by atoms with Crippen LogP contribution in [0.2, 0.25) is 0 Å². The van der Waals surface area contributed by atoms with Gasteiger partial charge in [0.25, 0.3) is 0 Å². The fourth-order valence-electron chi connectivity index (χ4n) is 0.438. The van der Waals surface area contributed by atoms with E-state index in [0.29, 0.717) is 25.9 Å². The van der Waals surface area contributed by atoms with Crippen LogP contribution in [0.25, 0.3) is 0 Å². The average Bonchev–Trinajstić information content (AvgIpc) is 2.07. The molecule has 0 bridgehead atoms. The molecule has 0 saturated heterocycles. The van der Waals surface area contributed by atoms with Crippen molar-refractivity contribution >= 4 is 12.8 Å². The van der Waals surface area contributed by atoms with Crippen molar-refractivity contribution in [3.8, 4) is 0 Å². The van der Waals surface area contributed by atoms with Gasteiger partial charge in [-0.1, -0.05) is 0 Å². The molecule has 0 fully saturated rings. The molecule has 0 rings (SSSR count). The molecule has 64 valence electrons. The van der Waals surface area contributed by atoms with Crippen molar-refractivity contribution in [2.75, 3.05) is 13.1 Å². The maximum atomic E-state index is 10.2.